The fourth-order valence-electron chi connectivity index (χ4n) is 2.12. The van der Waals surface area contributed by atoms with Crippen LogP contribution in [-0.4, -0.2) is 19.1 Å². The Hall–Kier alpha value is -2.21. The van der Waals surface area contributed by atoms with Gasteiger partial charge in [-0.3, -0.25) is 0 Å². The zero-order chi connectivity index (χ0) is 13.9. The lowest BCUT2D eigenvalue weighted by molar-refractivity contribution is 0.171. The average Bonchev–Trinajstić information content (AvgIpc) is 3.06. The molecule has 0 aliphatic carbocycles. The van der Waals surface area contributed by atoms with Gasteiger partial charge in [0.25, 0.3) is 0 Å². The summed E-state index contributed by atoms with van der Waals surface area (Å²) in [5, 5.41) is 7.23. The lowest BCUT2D eigenvalue weighted by Crippen LogP contribution is -2.12. The molecule has 0 atom stereocenters. The van der Waals surface area contributed by atoms with E-state index in [0.717, 1.165) is 22.8 Å². The van der Waals surface area contributed by atoms with Crippen LogP contribution in [0.1, 0.15) is 17.0 Å². The summed E-state index contributed by atoms with van der Waals surface area (Å²) < 4.78 is 21.1. The highest BCUT2D eigenvalue weighted by molar-refractivity contribution is 5.55. The molecule has 0 saturated heterocycles. The zero-order valence-electron chi connectivity index (χ0n) is 11.4. The number of methoxy groups -OCH3 is 1. The van der Waals surface area contributed by atoms with Crippen LogP contribution in [0.15, 0.2) is 22.7 Å². The fraction of sp³-hybridized carbons (Fsp3) is 0.357. The Balaban J connectivity index is 1.65. The van der Waals surface area contributed by atoms with E-state index in [1.54, 1.807) is 7.11 Å². The normalized spacial score (nSPS) is 12.7. The number of nitrogens with zero attached hydrogens (tertiary/aromatic N) is 1. The maximum atomic E-state index is 5.39. The molecule has 20 heavy (non-hydrogen) atoms. The molecular weight excluding hydrogens is 260 g/mol. The third-order valence-corrected chi connectivity index (χ3v) is 3.03. The van der Waals surface area contributed by atoms with Gasteiger partial charge in [-0.2, -0.15) is 0 Å². The summed E-state index contributed by atoms with van der Waals surface area (Å²) in [4.78, 5) is 0. The fourth-order valence-corrected chi connectivity index (χ4v) is 2.12. The summed E-state index contributed by atoms with van der Waals surface area (Å²) in [6.45, 7) is 3.44. The topological polar surface area (TPSA) is 65.8 Å². The quantitative estimate of drug-likeness (QED) is 0.901. The molecule has 1 aromatic carbocycles. The van der Waals surface area contributed by atoms with Gasteiger partial charge in [-0.1, -0.05) is 5.16 Å². The van der Waals surface area contributed by atoms with E-state index in [2.05, 4.69) is 10.5 Å². The lowest BCUT2D eigenvalue weighted by Gasteiger charge is -2.08. The van der Waals surface area contributed by atoms with Gasteiger partial charge >= 0.3 is 0 Å². The maximum absolute atomic E-state index is 5.39. The second kappa shape index (κ2) is 5.42. The van der Waals surface area contributed by atoms with Gasteiger partial charge in [-0.25, -0.2) is 0 Å². The van der Waals surface area contributed by atoms with Crippen molar-refractivity contribution < 1.29 is 18.7 Å². The van der Waals surface area contributed by atoms with Crippen LogP contribution in [0.5, 0.6) is 17.2 Å². The summed E-state index contributed by atoms with van der Waals surface area (Å²) in [6.07, 6.45) is 0. The summed E-state index contributed by atoms with van der Waals surface area (Å²) in [7, 11) is 1.62. The summed E-state index contributed by atoms with van der Waals surface area (Å²) >= 11 is 0. The van der Waals surface area contributed by atoms with Crippen LogP contribution in [0.25, 0.3) is 0 Å². The van der Waals surface area contributed by atoms with E-state index in [-0.39, 0.29) is 6.79 Å². The summed E-state index contributed by atoms with van der Waals surface area (Å²) in [6, 6.07) is 5.80. The molecule has 1 aliphatic rings. The number of hydrogen-bond acceptors (Lipinski definition) is 6. The molecular formula is C14H16N2O4. The first-order valence-electron chi connectivity index (χ1n) is 6.35. The monoisotopic (exact) mass is 276 g/mol. The number of aryl methyl sites for hydroxylation is 1. The van der Waals surface area contributed by atoms with Gasteiger partial charge in [0.05, 0.1) is 12.8 Å². The van der Waals surface area contributed by atoms with Gasteiger partial charge in [0, 0.05) is 19.2 Å². The van der Waals surface area contributed by atoms with Crippen LogP contribution in [0.4, 0.5) is 0 Å². The van der Waals surface area contributed by atoms with Crippen molar-refractivity contribution in [2.45, 2.75) is 20.0 Å². The second-order valence-electron chi connectivity index (χ2n) is 4.56. The number of benzene rings is 1. The van der Waals surface area contributed by atoms with Gasteiger partial charge in [-0.05, 0) is 24.6 Å². The predicted molar refractivity (Wildman–Crippen MR) is 70.9 cm³/mol. The van der Waals surface area contributed by atoms with Crippen molar-refractivity contribution in [3.63, 3.8) is 0 Å². The van der Waals surface area contributed by atoms with Gasteiger partial charge in [0.1, 0.15) is 5.76 Å². The highest BCUT2D eigenvalue weighted by Crippen LogP contribution is 2.41. The second-order valence-corrected chi connectivity index (χ2v) is 4.56. The minimum atomic E-state index is 0.237. The average molecular weight is 276 g/mol. The number of ether oxygens (including phenoxy) is 3. The van der Waals surface area contributed by atoms with Gasteiger partial charge in [0.15, 0.2) is 11.5 Å². The molecule has 0 spiro atoms. The molecule has 0 amide bonds. The predicted octanol–water partition coefficient (Wildman–Crippen LogP) is 2.01. The van der Waals surface area contributed by atoms with Crippen LogP contribution >= 0.6 is 0 Å². The molecule has 1 N–H and O–H groups in total. The highest BCUT2D eigenvalue weighted by Gasteiger charge is 2.19. The van der Waals surface area contributed by atoms with Crippen molar-refractivity contribution in [3.05, 3.63) is 35.2 Å². The molecule has 6 nitrogen and oxygen atoms in total. The third kappa shape index (κ3) is 2.55. The Kier molecular flexibility index (Phi) is 3.47. The van der Waals surface area contributed by atoms with Gasteiger partial charge in [-0.15, -0.1) is 0 Å². The van der Waals surface area contributed by atoms with E-state index in [0.29, 0.717) is 24.6 Å². The van der Waals surface area contributed by atoms with Crippen molar-refractivity contribution in [3.8, 4) is 17.2 Å². The Labute approximate surface area is 116 Å². The number of aromatic nitrogens is 1. The highest BCUT2D eigenvalue weighted by atomic mass is 16.7. The minimum absolute atomic E-state index is 0.237. The first-order valence-corrected chi connectivity index (χ1v) is 6.35. The van der Waals surface area contributed by atoms with Crippen LogP contribution < -0.4 is 19.5 Å². The van der Waals surface area contributed by atoms with Gasteiger partial charge in [0.2, 0.25) is 12.5 Å². The molecule has 0 bridgehead atoms. The van der Waals surface area contributed by atoms with Crippen molar-refractivity contribution >= 4 is 0 Å². The number of fused-ring (bicyclic) bond motifs is 1. The summed E-state index contributed by atoms with van der Waals surface area (Å²) in [5.74, 6) is 2.89. The van der Waals surface area contributed by atoms with E-state index in [1.807, 2.05) is 25.1 Å². The first-order chi connectivity index (χ1) is 9.76. The van der Waals surface area contributed by atoms with Crippen molar-refractivity contribution in [2.75, 3.05) is 13.9 Å². The standard InChI is InChI=1S/C14H16N2O4/c1-9-3-11(16-20-9)7-15-6-10-4-12(17-2)14-13(5-10)18-8-19-14/h3-5,15H,6-8H2,1-2H3. The Bertz CT molecular complexity index is 609. The smallest absolute Gasteiger partial charge is 0.231 e. The SMILES string of the molecule is COc1cc(CNCc2cc(C)on2)cc2c1OCO2. The van der Waals surface area contributed by atoms with Crippen LogP contribution in [0.3, 0.4) is 0 Å². The number of nitrogens with one attached hydrogen (secondary N) is 1. The molecule has 3 rings (SSSR count). The van der Waals surface area contributed by atoms with Crippen LogP contribution in [-0.2, 0) is 13.1 Å². The van der Waals surface area contributed by atoms with E-state index in [4.69, 9.17) is 18.7 Å². The van der Waals surface area contributed by atoms with Crippen molar-refractivity contribution in [2.24, 2.45) is 0 Å². The Morgan fingerprint density at radius 2 is 2.15 bits per heavy atom. The molecule has 0 saturated carbocycles. The third-order valence-electron chi connectivity index (χ3n) is 3.03. The molecule has 2 heterocycles. The van der Waals surface area contributed by atoms with E-state index < -0.39 is 0 Å². The largest absolute Gasteiger partial charge is 0.493 e. The van der Waals surface area contributed by atoms with E-state index in [9.17, 15) is 0 Å². The maximum Gasteiger partial charge on any atom is 0.231 e. The molecule has 0 fully saturated rings. The first kappa shape index (κ1) is 12.8. The van der Waals surface area contributed by atoms with E-state index in [1.165, 1.54) is 0 Å². The number of rotatable bonds is 5. The van der Waals surface area contributed by atoms with Gasteiger partial charge < -0.3 is 24.1 Å². The van der Waals surface area contributed by atoms with Crippen LogP contribution in [0.2, 0.25) is 0 Å². The molecule has 6 heteroatoms. The molecule has 106 valence electrons. The van der Waals surface area contributed by atoms with E-state index >= 15 is 0 Å². The van der Waals surface area contributed by atoms with Crippen LogP contribution in [0, 0.1) is 6.92 Å². The van der Waals surface area contributed by atoms with Crippen molar-refractivity contribution in [1.82, 2.24) is 10.5 Å². The molecule has 0 unspecified atom stereocenters. The molecule has 1 aromatic heterocycles. The number of hydrogen-bond donors (Lipinski definition) is 1. The molecule has 1 aliphatic heterocycles. The minimum Gasteiger partial charge on any atom is -0.493 e. The summed E-state index contributed by atoms with van der Waals surface area (Å²) in [5.41, 5.74) is 1.95. The lowest BCUT2D eigenvalue weighted by atomic mass is 10.2. The molecule has 2 aromatic rings. The zero-order valence-corrected chi connectivity index (χ0v) is 11.4. The Morgan fingerprint density at radius 3 is 2.90 bits per heavy atom. The van der Waals surface area contributed by atoms with Crippen molar-refractivity contribution in [1.29, 1.82) is 0 Å². The Morgan fingerprint density at radius 1 is 1.25 bits per heavy atom. The molecule has 0 radical (unpaired) electrons.